The Morgan fingerprint density at radius 3 is 0.985 bits per heavy atom. The zero-order valence-corrected chi connectivity index (χ0v) is 50.2. The number of aryl methyl sites for hydroxylation is 2. The standard InChI is InChI=1S/2C30H41.C2H6Si.2ClH.Zr/c2*1-10-12-21-13-14-22-15-23(20(3)11-2)18-27(22)28(21)24-16-25(29(4,5)6)19-26(17-24)30(7,8)9;1-3-2;;;/h2*13-20H,10-12H2,1-9H3;1-2H3;2*1H;/q2*-1;;;;+4/p-2. The molecule has 0 spiro atoms. The van der Waals surface area contributed by atoms with E-state index in [9.17, 15) is 0 Å². The van der Waals surface area contributed by atoms with E-state index in [1.165, 1.54) is 114 Å². The van der Waals surface area contributed by atoms with Crippen LogP contribution in [0.15, 0.2) is 84.9 Å². The first-order chi connectivity index (χ1) is 30.7. The molecule has 0 aromatic heterocycles. The number of rotatable bonds is 10. The van der Waals surface area contributed by atoms with Gasteiger partial charge < -0.3 is 0 Å². The summed E-state index contributed by atoms with van der Waals surface area (Å²) in [5.74, 6) is 1.21. The number of fused-ring (bicyclic) bond motifs is 2. The van der Waals surface area contributed by atoms with Crippen molar-refractivity contribution < 1.29 is 20.8 Å². The molecule has 6 rings (SSSR count). The Balaban J connectivity index is 0.000000313. The van der Waals surface area contributed by atoms with Crippen LogP contribution < -0.4 is 0 Å². The number of hydrogen-bond donors (Lipinski definition) is 0. The van der Waals surface area contributed by atoms with Crippen LogP contribution in [0.5, 0.6) is 0 Å². The van der Waals surface area contributed by atoms with Gasteiger partial charge in [0.15, 0.2) is 0 Å². The maximum atomic E-state index is 4.93. The molecule has 0 aliphatic heterocycles. The molecule has 2 radical (unpaired) electrons. The number of benzene rings is 4. The van der Waals surface area contributed by atoms with Gasteiger partial charge in [-0.1, -0.05) is 222 Å². The number of hydrogen-bond acceptors (Lipinski definition) is 0. The summed E-state index contributed by atoms with van der Waals surface area (Å²) in [6, 6.07) is 33.9. The van der Waals surface area contributed by atoms with Crippen molar-refractivity contribution in [1.82, 2.24) is 0 Å². The van der Waals surface area contributed by atoms with E-state index >= 15 is 0 Å². The summed E-state index contributed by atoms with van der Waals surface area (Å²) in [7, 11) is 11.0. The van der Waals surface area contributed by atoms with Crippen LogP contribution in [-0.2, 0) is 55.3 Å². The van der Waals surface area contributed by atoms with Gasteiger partial charge in [-0.15, -0.1) is 69.1 Å². The van der Waals surface area contributed by atoms with Gasteiger partial charge in [0.1, 0.15) is 0 Å². The molecular formula is C62H88Cl2SiZr. The van der Waals surface area contributed by atoms with E-state index in [0.717, 1.165) is 22.4 Å². The normalized spacial score (nSPS) is 12.9. The average molecular weight is 1020 g/mol. The van der Waals surface area contributed by atoms with E-state index < -0.39 is 20.8 Å². The van der Waals surface area contributed by atoms with Crippen LogP contribution in [0, 0.1) is 0 Å². The zero-order valence-electron chi connectivity index (χ0n) is 45.2. The summed E-state index contributed by atoms with van der Waals surface area (Å²) in [4.78, 5) is 0. The molecule has 6 aromatic carbocycles. The second-order valence-corrected chi connectivity index (χ2v) is 27.8. The van der Waals surface area contributed by atoms with Gasteiger partial charge in [0.25, 0.3) is 0 Å². The molecule has 0 bridgehead atoms. The van der Waals surface area contributed by atoms with E-state index in [0.29, 0.717) is 11.8 Å². The zero-order chi connectivity index (χ0) is 49.9. The molecule has 66 heavy (non-hydrogen) atoms. The quantitative estimate of drug-likeness (QED) is 0.0948. The second kappa shape index (κ2) is 25.1. The van der Waals surface area contributed by atoms with Crippen molar-refractivity contribution in [2.75, 3.05) is 0 Å². The summed E-state index contributed by atoms with van der Waals surface area (Å²) >= 11 is -0.826. The van der Waals surface area contributed by atoms with Gasteiger partial charge in [-0.3, -0.25) is 0 Å². The molecular weight excluding hydrogens is 935 g/mol. The first kappa shape index (κ1) is 58.1. The molecule has 0 N–H and O–H groups in total. The Hall–Kier alpha value is -2.22. The van der Waals surface area contributed by atoms with Gasteiger partial charge in [0.2, 0.25) is 0 Å². The fraction of sp³-hybridized carbons (Fsp3) is 0.516. The molecule has 0 nitrogen and oxygen atoms in total. The van der Waals surface area contributed by atoms with Gasteiger partial charge >= 0.3 is 37.9 Å². The molecule has 0 aliphatic carbocycles. The van der Waals surface area contributed by atoms with Crippen LogP contribution >= 0.6 is 17.0 Å². The summed E-state index contributed by atoms with van der Waals surface area (Å²) < 4.78 is 0. The van der Waals surface area contributed by atoms with Crippen LogP contribution in [-0.4, -0.2) is 9.52 Å². The van der Waals surface area contributed by atoms with Crippen molar-refractivity contribution >= 4 is 48.1 Å². The van der Waals surface area contributed by atoms with E-state index in [1.54, 1.807) is 0 Å². The molecule has 2 atom stereocenters. The fourth-order valence-electron chi connectivity index (χ4n) is 8.65. The molecule has 0 fully saturated rings. The predicted molar refractivity (Wildman–Crippen MR) is 299 cm³/mol. The Labute approximate surface area is 427 Å². The maximum absolute atomic E-state index is 4.93. The van der Waals surface area contributed by atoms with Crippen molar-refractivity contribution in [3.63, 3.8) is 0 Å². The minimum absolute atomic E-state index is 0.128. The third kappa shape index (κ3) is 15.4. The van der Waals surface area contributed by atoms with Crippen LogP contribution in [0.25, 0.3) is 43.8 Å². The van der Waals surface area contributed by atoms with Crippen LogP contribution in [0.4, 0.5) is 0 Å². The topological polar surface area (TPSA) is 0 Å². The molecule has 0 saturated heterocycles. The molecule has 358 valence electrons. The van der Waals surface area contributed by atoms with Crippen molar-refractivity contribution in [2.45, 2.75) is 210 Å². The molecule has 6 aromatic rings. The molecule has 0 amide bonds. The monoisotopic (exact) mass is 1020 g/mol. The van der Waals surface area contributed by atoms with Gasteiger partial charge in [0, 0.05) is 9.52 Å². The van der Waals surface area contributed by atoms with Crippen molar-refractivity contribution in [3.8, 4) is 22.3 Å². The fourth-order valence-corrected chi connectivity index (χ4v) is 8.65. The van der Waals surface area contributed by atoms with Gasteiger partial charge in [0.05, 0.1) is 0 Å². The molecule has 4 heteroatoms. The van der Waals surface area contributed by atoms with Crippen molar-refractivity contribution in [3.05, 3.63) is 129 Å². The van der Waals surface area contributed by atoms with Gasteiger partial charge in [-0.05, 0) is 79.7 Å². The Kier molecular flexibility index (Phi) is 22.1. The van der Waals surface area contributed by atoms with E-state index in [1.807, 2.05) is 0 Å². The molecule has 0 saturated carbocycles. The Morgan fingerprint density at radius 1 is 0.485 bits per heavy atom. The first-order valence-corrected chi connectivity index (χ1v) is 33.4. The van der Waals surface area contributed by atoms with Crippen molar-refractivity contribution in [2.24, 2.45) is 0 Å². The summed E-state index contributed by atoms with van der Waals surface area (Å²) in [5, 5.41) is 5.64. The Morgan fingerprint density at radius 2 is 0.758 bits per heavy atom. The van der Waals surface area contributed by atoms with Crippen LogP contribution in [0.2, 0.25) is 13.1 Å². The summed E-state index contributed by atoms with van der Waals surface area (Å²) in [5.41, 5.74) is 17.8. The van der Waals surface area contributed by atoms with Gasteiger partial charge in [-0.2, -0.15) is 12.1 Å². The minimum atomic E-state index is -0.826. The molecule has 0 heterocycles. The van der Waals surface area contributed by atoms with E-state index in [4.69, 9.17) is 17.0 Å². The summed E-state index contributed by atoms with van der Waals surface area (Å²) in [6.07, 6.45) is 6.95. The molecule has 2 unspecified atom stereocenters. The second-order valence-electron chi connectivity index (χ2n) is 23.1. The van der Waals surface area contributed by atoms with Crippen LogP contribution in [0.3, 0.4) is 0 Å². The predicted octanol–water partition coefficient (Wildman–Crippen LogP) is 20.7. The Bertz CT molecular complexity index is 2200. The summed E-state index contributed by atoms with van der Waals surface area (Å²) in [6.45, 7) is 46.1. The average Bonchev–Trinajstić information content (AvgIpc) is 3.88. The van der Waals surface area contributed by atoms with E-state index in [2.05, 4.69) is 223 Å². The van der Waals surface area contributed by atoms with Gasteiger partial charge in [-0.25, -0.2) is 0 Å². The third-order valence-corrected chi connectivity index (χ3v) is 13.3. The van der Waals surface area contributed by atoms with Crippen molar-refractivity contribution in [1.29, 1.82) is 0 Å². The van der Waals surface area contributed by atoms with E-state index in [-0.39, 0.29) is 21.7 Å². The molecule has 0 aliphatic rings. The first-order valence-electron chi connectivity index (χ1n) is 25.1. The van der Waals surface area contributed by atoms with Crippen LogP contribution in [0.1, 0.15) is 207 Å². The third-order valence-electron chi connectivity index (χ3n) is 13.3. The SMILES string of the molecule is CCCc1ccc2[cH-]c(C(C)CC)cc2c1-c1cc(C(C)(C)C)cc(C(C)(C)C)c1.CCCc1ccc2[cH-]c(C(C)CC)cc2c1-c1cc(C(C)(C)C)cc(C(C)(C)C)c1.C[Si]C.[Cl][Zr+2][Cl]. The number of halogens is 2.